The minimum atomic E-state index is -1.06. The Kier molecular flexibility index (Phi) is 5.78. The Bertz CT molecular complexity index is 882. The molecule has 0 N–H and O–H groups in total. The lowest BCUT2D eigenvalue weighted by atomic mass is 9.92. The van der Waals surface area contributed by atoms with Crippen LogP contribution < -0.4 is 0 Å². The van der Waals surface area contributed by atoms with E-state index in [0.717, 1.165) is 20.5 Å². The number of cyclic esters (lactones) is 1. The van der Waals surface area contributed by atoms with Gasteiger partial charge in [0.05, 0.1) is 0 Å². The molecule has 0 spiro atoms. The lowest BCUT2D eigenvalue weighted by molar-refractivity contribution is -0.131. The van der Waals surface area contributed by atoms with Crippen LogP contribution in [0.2, 0.25) is 0 Å². The summed E-state index contributed by atoms with van der Waals surface area (Å²) in [5.41, 5.74) is 10.6. The highest BCUT2D eigenvalue weighted by Crippen LogP contribution is 2.32. The van der Waals surface area contributed by atoms with E-state index in [4.69, 9.17) is 10.3 Å². The van der Waals surface area contributed by atoms with Gasteiger partial charge in [0.1, 0.15) is 18.7 Å². The normalized spacial score (nSPS) is 18.4. The minimum absolute atomic E-state index is 0.0737. The van der Waals surface area contributed by atoms with E-state index in [1.54, 1.807) is 6.92 Å². The van der Waals surface area contributed by atoms with Gasteiger partial charge in [0.25, 0.3) is 0 Å². The zero-order chi connectivity index (χ0) is 19.4. The molecule has 8 heteroatoms. The van der Waals surface area contributed by atoms with Crippen molar-refractivity contribution in [2.45, 2.75) is 24.9 Å². The molecule has 0 bridgehead atoms. The van der Waals surface area contributed by atoms with Crippen molar-refractivity contribution < 1.29 is 14.3 Å². The second-order valence-corrected chi connectivity index (χ2v) is 7.12. The van der Waals surface area contributed by atoms with Gasteiger partial charge in [-0.2, -0.15) is 0 Å². The van der Waals surface area contributed by atoms with E-state index < -0.39 is 30.0 Å². The van der Waals surface area contributed by atoms with Gasteiger partial charge < -0.3 is 4.74 Å². The number of halogens is 1. The Labute approximate surface area is 164 Å². The monoisotopic (exact) mass is 428 g/mol. The molecule has 27 heavy (non-hydrogen) atoms. The predicted molar refractivity (Wildman–Crippen MR) is 103 cm³/mol. The number of nitrogens with zero attached hydrogens (tertiary/aromatic N) is 4. The number of carbonyl (C=O) groups excluding carboxylic acids is 2. The van der Waals surface area contributed by atoms with Gasteiger partial charge in [-0.1, -0.05) is 70.4 Å². The third-order valence-electron chi connectivity index (χ3n) is 4.59. The first-order chi connectivity index (χ1) is 13.0. The SMILES string of the molecule is C[C@@H](c1ccc(Br)cc1)[C@H](N=[N+]=[N-])C(=O)N1C(=O)OC[C@H]1c1ccccc1. The number of ether oxygens (including phenoxy) is 1. The molecular formula is C19H17BrN4O3. The molecule has 1 heterocycles. The van der Waals surface area contributed by atoms with E-state index in [1.165, 1.54) is 0 Å². The largest absolute Gasteiger partial charge is 0.446 e. The molecule has 2 aromatic carbocycles. The van der Waals surface area contributed by atoms with Crippen LogP contribution >= 0.6 is 15.9 Å². The van der Waals surface area contributed by atoms with Crippen LogP contribution in [0.15, 0.2) is 64.2 Å². The Morgan fingerprint density at radius 1 is 1.26 bits per heavy atom. The van der Waals surface area contributed by atoms with Crippen molar-refractivity contribution >= 4 is 27.9 Å². The van der Waals surface area contributed by atoms with Crippen LogP contribution in [0.5, 0.6) is 0 Å². The summed E-state index contributed by atoms with van der Waals surface area (Å²) in [6, 6.07) is 14.9. The number of azide groups is 1. The number of hydrogen-bond acceptors (Lipinski definition) is 4. The quantitative estimate of drug-likeness (QED) is 0.382. The van der Waals surface area contributed by atoms with Crippen LogP contribution in [0.25, 0.3) is 10.4 Å². The maximum absolute atomic E-state index is 13.2. The van der Waals surface area contributed by atoms with E-state index in [9.17, 15) is 9.59 Å². The van der Waals surface area contributed by atoms with E-state index >= 15 is 0 Å². The number of amides is 2. The number of carbonyl (C=O) groups is 2. The molecule has 0 unspecified atom stereocenters. The van der Waals surface area contributed by atoms with Gasteiger partial charge in [0, 0.05) is 9.38 Å². The number of hydrogen-bond donors (Lipinski definition) is 0. The van der Waals surface area contributed by atoms with Crippen LogP contribution in [0.4, 0.5) is 4.79 Å². The maximum Gasteiger partial charge on any atom is 0.417 e. The average molecular weight is 429 g/mol. The van der Waals surface area contributed by atoms with Gasteiger partial charge in [-0.05, 0) is 34.7 Å². The molecule has 2 amide bonds. The van der Waals surface area contributed by atoms with Gasteiger partial charge in [-0.25, -0.2) is 9.69 Å². The fourth-order valence-corrected chi connectivity index (χ4v) is 3.36. The molecule has 1 aliphatic rings. The Morgan fingerprint density at radius 3 is 2.56 bits per heavy atom. The molecule has 0 aromatic heterocycles. The lowest BCUT2D eigenvalue weighted by Gasteiger charge is -2.26. The van der Waals surface area contributed by atoms with Gasteiger partial charge >= 0.3 is 6.09 Å². The zero-order valence-corrected chi connectivity index (χ0v) is 16.1. The average Bonchev–Trinajstić information content (AvgIpc) is 3.08. The molecule has 0 saturated carbocycles. The smallest absolute Gasteiger partial charge is 0.417 e. The summed E-state index contributed by atoms with van der Waals surface area (Å²) in [7, 11) is 0. The van der Waals surface area contributed by atoms with Crippen LogP contribution in [0.1, 0.15) is 30.0 Å². The first-order valence-electron chi connectivity index (χ1n) is 8.37. The number of imide groups is 1. The molecule has 7 nitrogen and oxygen atoms in total. The summed E-state index contributed by atoms with van der Waals surface area (Å²) >= 11 is 3.37. The minimum Gasteiger partial charge on any atom is -0.446 e. The molecule has 3 rings (SSSR count). The molecule has 1 fully saturated rings. The van der Waals surface area contributed by atoms with E-state index in [0.29, 0.717) is 0 Å². The molecule has 2 aromatic rings. The summed E-state index contributed by atoms with van der Waals surface area (Å²) < 4.78 is 6.01. The van der Waals surface area contributed by atoms with Crippen molar-refractivity contribution in [3.05, 3.63) is 80.6 Å². The summed E-state index contributed by atoms with van der Waals surface area (Å²) in [5.74, 6) is -0.981. The molecular weight excluding hydrogens is 412 g/mol. The Balaban J connectivity index is 1.92. The topological polar surface area (TPSA) is 95.4 Å². The molecule has 3 atom stereocenters. The van der Waals surface area contributed by atoms with Gasteiger partial charge in [0.2, 0.25) is 5.91 Å². The lowest BCUT2D eigenvalue weighted by Crippen LogP contribution is -2.42. The van der Waals surface area contributed by atoms with Crippen LogP contribution in [-0.2, 0) is 9.53 Å². The Hall–Kier alpha value is -2.83. The Morgan fingerprint density at radius 2 is 1.93 bits per heavy atom. The third kappa shape index (κ3) is 3.97. The molecule has 1 aliphatic heterocycles. The van der Waals surface area contributed by atoms with Crippen molar-refractivity contribution in [1.29, 1.82) is 0 Å². The van der Waals surface area contributed by atoms with E-state index in [1.807, 2.05) is 54.6 Å². The summed E-state index contributed by atoms with van der Waals surface area (Å²) in [5, 5.41) is 3.70. The zero-order valence-electron chi connectivity index (χ0n) is 14.5. The van der Waals surface area contributed by atoms with Crippen molar-refractivity contribution in [2.75, 3.05) is 6.61 Å². The van der Waals surface area contributed by atoms with Gasteiger partial charge in [-0.3, -0.25) is 4.79 Å². The summed E-state index contributed by atoms with van der Waals surface area (Å²) in [6.45, 7) is 1.86. The van der Waals surface area contributed by atoms with Crippen molar-refractivity contribution in [3.63, 3.8) is 0 Å². The second kappa shape index (κ2) is 8.24. The highest BCUT2D eigenvalue weighted by Gasteiger charge is 2.42. The van der Waals surface area contributed by atoms with Crippen LogP contribution in [-0.4, -0.2) is 29.5 Å². The van der Waals surface area contributed by atoms with Crippen molar-refractivity contribution in [1.82, 2.24) is 4.90 Å². The number of rotatable bonds is 5. The standard InChI is InChI=1S/C19H17BrN4O3/c1-12(13-7-9-15(20)10-8-13)17(22-23-21)18(25)24-16(11-27-19(24)26)14-5-3-2-4-6-14/h2-10,12,16-17H,11H2,1H3/t12-,16-,17-/m0/s1. The predicted octanol–water partition coefficient (Wildman–Crippen LogP) is 4.95. The van der Waals surface area contributed by atoms with E-state index in [-0.39, 0.29) is 6.61 Å². The fraction of sp³-hybridized carbons (Fsp3) is 0.263. The summed E-state index contributed by atoms with van der Waals surface area (Å²) in [6.07, 6.45) is -0.727. The third-order valence-corrected chi connectivity index (χ3v) is 5.12. The van der Waals surface area contributed by atoms with Crippen molar-refractivity contribution in [2.24, 2.45) is 5.11 Å². The van der Waals surface area contributed by atoms with E-state index in [2.05, 4.69) is 26.0 Å². The number of benzene rings is 2. The highest BCUT2D eigenvalue weighted by atomic mass is 79.9. The first-order valence-corrected chi connectivity index (χ1v) is 9.16. The van der Waals surface area contributed by atoms with Gasteiger partial charge in [0.15, 0.2) is 0 Å². The maximum atomic E-state index is 13.2. The fourth-order valence-electron chi connectivity index (χ4n) is 3.10. The highest BCUT2D eigenvalue weighted by molar-refractivity contribution is 9.10. The molecule has 1 saturated heterocycles. The molecule has 0 aliphatic carbocycles. The van der Waals surface area contributed by atoms with Crippen LogP contribution in [0, 0.1) is 0 Å². The first kappa shape index (κ1) is 18.9. The van der Waals surface area contributed by atoms with Gasteiger partial charge in [-0.15, -0.1) is 0 Å². The molecule has 138 valence electrons. The van der Waals surface area contributed by atoms with Crippen molar-refractivity contribution in [3.8, 4) is 0 Å². The molecule has 0 radical (unpaired) electrons. The van der Waals surface area contributed by atoms with Crippen LogP contribution in [0.3, 0.4) is 0 Å². The second-order valence-electron chi connectivity index (χ2n) is 6.20. The summed E-state index contributed by atoms with van der Waals surface area (Å²) in [4.78, 5) is 29.3.